The van der Waals surface area contributed by atoms with Crippen LogP contribution in [0.1, 0.15) is 49.6 Å². The summed E-state index contributed by atoms with van der Waals surface area (Å²) in [5.41, 5.74) is 12.5. The van der Waals surface area contributed by atoms with Gasteiger partial charge in [0.25, 0.3) is 0 Å². The van der Waals surface area contributed by atoms with Crippen molar-refractivity contribution in [2.45, 2.75) is 50.9 Å². The lowest BCUT2D eigenvalue weighted by Gasteiger charge is -2.31. The number of nitrogens with one attached hydrogen (secondary N) is 1. The van der Waals surface area contributed by atoms with E-state index in [-0.39, 0.29) is 0 Å². The number of sulfonamides is 1. The topological polar surface area (TPSA) is 142 Å². The maximum atomic E-state index is 12.2. The molecule has 35 heavy (non-hydrogen) atoms. The Balaban J connectivity index is 1.31. The number of aromatic nitrogens is 4. The van der Waals surface area contributed by atoms with E-state index in [2.05, 4.69) is 41.0 Å². The van der Waals surface area contributed by atoms with Gasteiger partial charge in [-0.25, -0.2) is 13.1 Å². The van der Waals surface area contributed by atoms with Gasteiger partial charge in [-0.05, 0) is 81.1 Å². The Morgan fingerprint density at radius 2 is 1.97 bits per heavy atom. The summed E-state index contributed by atoms with van der Waals surface area (Å²) in [6.45, 7) is 6.35. The minimum Gasteiger partial charge on any atom is -0.297 e. The molecule has 1 saturated heterocycles. The van der Waals surface area contributed by atoms with Gasteiger partial charge in [0.2, 0.25) is 10.0 Å². The van der Waals surface area contributed by atoms with Crippen molar-refractivity contribution in [3.05, 3.63) is 76.2 Å². The standard InChI is InChI=1S/C23H29N9O2S/c1-17(2)35(33,34)28-21-5-3-4-19(12-21)18-7-10-31(11-8-18)14-23-16-32(30-27-23)15-22-13-20(26-29-24)6-9-25-22/h3-6,9,12-13,16-18,28H,7-8,10-11,14-15H2,1-2H3. The average molecular weight is 496 g/mol. The number of pyridine rings is 1. The predicted octanol–water partition coefficient (Wildman–Crippen LogP) is 4.19. The van der Waals surface area contributed by atoms with E-state index in [1.807, 2.05) is 18.3 Å². The van der Waals surface area contributed by atoms with Crippen molar-refractivity contribution in [2.24, 2.45) is 5.11 Å². The van der Waals surface area contributed by atoms with Crippen molar-refractivity contribution < 1.29 is 8.42 Å². The normalized spacial score (nSPS) is 15.2. The van der Waals surface area contributed by atoms with E-state index < -0.39 is 15.3 Å². The summed E-state index contributed by atoms with van der Waals surface area (Å²) < 4.78 is 28.8. The van der Waals surface area contributed by atoms with Crippen LogP contribution in [0.4, 0.5) is 11.4 Å². The first-order valence-corrected chi connectivity index (χ1v) is 13.1. The highest BCUT2D eigenvalue weighted by atomic mass is 32.2. The molecule has 1 aromatic carbocycles. The van der Waals surface area contributed by atoms with Crippen molar-refractivity contribution >= 4 is 21.4 Å². The second-order valence-corrected chi connectivity index (χ2v) is 11.2. The molecule has 0 aliphatic carbocycles. The molecule has 1 N–H and O–H groups in total. The second kappa shape index (κ2) is 10.9. The van der Waals surface area contributed by atoms with Crippen LogP contribution < -0.4 is 4.72 Å². The third-order valence-corrected chi connectivity index (χ3v) is 7.84. The van der Waals surface area contributed by atoms with Crippen LogP contribution in [0, 0.1) is 0 Å². The Kier molecular flexibility index (Phi) is 7.64. The fourth-order valence-corrected chi connectivity index (χ4v) is 4.80. The summed E-state index contributed by atoms with van der Waals surface area (Å²) >= 11 is 0. The maximum absolute atomic E-state index is 12.2. The zero-order valence-corrected chi connectivity index (χ0v) is 20.6. The van der Waals surface area contributed by atoms with Crippen molar-refractivity contribution in [3.8, 4) is 0 Å². The molecule has 2 aromatic heterocycles. The first-order valence-electron chi connectivity index (χ1n) is 11.6. The fourth-order valence-electron chi connectivity index (χ4n) is 4.11. The zero-order valence-electron chi connectivity index (χ0n) is 19.8. The monoisotopic (exact) mass is 495 g/mol. The molecule has 0 unspecified atom stereocenters. The lowest BCUT2D eigenvalue weighted by atomic mass is 9.89. The van der Waals surface area contributed by atoms with E-state index in [4.69, 9.17) is 5.53 Å². The van der Waals surface area contributed by atoms with Crippen LogP contribution in [0.2, 0.25) is 0 Å². The van der Waals surface area contributed by atoms with Gasteiger partial charge in [-0.15, -0.1) is 5.10 Å². The smallest absolute Gasteiger partial charge is 0.235 e. The molecule has 1 fully saturated rings. The molecular formula is C23H29N9O2S. The molecule has 184 valence electrons. The highest BCUT2D eigenvalue weighted by Gasteiger charge is 2.22. The van der Waals surface area contributed by atoms with Gasteiger partial charge in [0, 0.05) is 29.0 Å². The Labute approximate surface area is 204 Å². The number of nitrogens with zero attached hydrogens (tertiary/aromatic N) is 8. The molecule has 0 saturated carbocycles. The van der Waals surface area contributed by atoms with Gasteiger partial charge in [-0.1, -0.05) is 22.5 Å². The van der Waals surface area contributed by atoms with Crippen LogP contribution in [0.25, 0.3) is 10.4 Å². The van der Waals surface area contributed by atoms with Crippen molar-refractivity contribution in [1.29, 1.82) is 0 Å². The first kappa shape index (κ1) is 24.6. The van der Waals surface area contributed by atoms with E-state index in [9.17, 15) is 8.42 Å². The molecule has 0 radical (unpaired) electrons. The van der Waals surface area contributed by atoms with Crippen molar-refractivity contribution in [3.63, 3.8) is 0 Å². The number of hydrogen-bond acceptors (Lipinski definition) is 7. The highest BCUT2D eigenvalue weighted by molar-refractivity contribution is 7.93. The van der Waals surface area contributed by atoms with Gasteiger partial charge in [0.1, 0.15) is 0 Å². The van der Waals surface area contributed by atoms with Crippen LogP contribution >= 0.6 is 0 Å². The van der Waals surface area contributed by atoms with E-state index in [1.54, 1.807) is 42.9 Å². The molecule has 0 bridgehead atoms. The summed E-state index contributed by atoms with van der Waals surface area (Å²) in [4.78, 5) is 9.45. The zero-order chi connectivity index (χ0) is 24.8. The molecule has 4 rings (SSSR count). The number of likely N-dealkylation sites (tertiary alicyclic amines) is 1. The number of piperidine rings is 1. The number of benzene rings is 1. The van der Waals surface area contributed by atoms with Gasteiger partial charge >= 0.3 is 0 Å². The quantitative estimate of drug-likeness (QED) is 0.268. The van der Waals surface area contributed by atoms with Gasteiger partial charge in [-0.2, -0.15) is 0 Å². The van der Waals surface area contributed by atoms with Crippen LogP contribution in [0.15, 0.2) is 53.9 Å². The Morgan fingerprint density at radius 3 is 2.71 bits per heavy atom. The predicted molar refractivity (Wildman–Crippen MR) is 134 cm³/mol. The van der Waals surface area contributed by atoms with E-state index in [0.29, 0.717) is 30.4 Å². The average Bonchev–Trinajstić information content (AvgIpc) is 3.26. The molecule has 0 spiro atoms. The Bertz CT molecular complexity index is 1310. The van der Waals surface area contributed by atoms with Crippen molar-refractivity contribution in [2.75, 3.05) is 17.8 Å². The fraction of sp³-hybridized carbons (Fsp3) is 0.435. The largest absolute Gasteiger partial charge is 0.297 e. The highest BCUT2D eigenvalue weighted by Crippen LogP contribution is 2.30. The van der Waals surface area contributed by atoms with Crippen LogP contribution in [0.3, 0.4) is 0 Å². The first-order chi connectivity index (χ1) is 16.8. The molecule has 3 aromatic rings. The molecule has 12 heteroatoms. The van der Waals surface area contributed by atoms with E-state index in [1.165, 1.54) is 0 Å². The van der Waals surface area contributed by atoms with E-state index >= 15 is 0 Å². The van der Waals surface area contributed by atoms with Gasteiger partial charge in [0.15, 0.2) is 0 Å². The SMILES string of the molecule is CC(C)S(=O)(=O)Nc1cccc(C2CCN(Cc3cn(Cc4cc(N=[N+]=[N-])ccn4)nn3)CC2)c1. The summed E-state index contributed by atoms with van der Waals surface area (Å²) in [5, 5.41) is 11.6. The van der Waals surface area contributed by atoms with Crippen LogP contribution in [-0.4, -0.2) is 51.6 Å². The lowest BCUT2D eigenvalue weighted by molar-refractivity contribution is 0.202. The van der Waals surface area contributed by atoms with Gasteiger partial charge < -0.3 is 0 Å². The molecule has 0 amide bonds. The van der Waals surface area contributed by atoms with Gasteiger partial charge in [0.05, 0.1) is 29.4 Å². The summed E-state index contributed by atoms with van der Waals surface area (Å²) in [7, 11) is -3.36. The van der Waals surface area contributed by atoms with Gasteiger partial charge in [-0.3, -0.25) is 14.6 Å². The maximum Gasteiger partial charge on any atom is 0.235 e. The minimum atomic E-state index is -3.36. The third kappa shape index (κ3) is 6.56. The summed E-state index contributed by atoms with van der Waals surface area (Å²) in [5.74, 6) is 0.389. The molecule has 11 nitrogen and oxygen atoms in total. The number of anilines is 1. The summed E-state index contributed by atoms with van der Waals surface area (Å²) in [6, 6.07) is 11.1. The Hall–Kier alpha value is -3.47. The summed E-state index contributed by atoms with van der Waals surface area (Å²) in [6.07, 6.45) is 5.50. The van der Waals surface area contributed by atoms with Crippen LogP contribution in [0.5, 0.6) is 0 Å². The molecular weight excluding hydrogens is 466 g/mol. The second-order valence-electron chi connectivity index (χ2n) is 8.97. The number of azide groups is 1. The Morgan fingerprint density at radius 1 is 1.17 bits per heavy atom. The molecule has 1 aliphatic rings. The van der Waals surface area contributed by atoms with E-state index in [0.717, 1.165) is 42.9 Å². The third-order valence-electron chi connectivity index (χ3n) is 6.08. The van der Waals surface area contributed by atoms with Crippen molar-refractivity contribution in [1.82, 2.24) is 24.9 Å². The number of hydrogen-bond donors (Lipinski definition) is 1. The molecule has 1 aliphatic heterocycles. The van der Waals surface area contributed by atoms with Crippen LogP contribution in [-0.2, 0) is 23.1 Å². The lowest BCUT2D eigenvalue weighted by Crippen LogP contribution is -2.32. The minimum absolute atomic E-state index is 0.389. The molecule has 3 heterocycles. The molecule has 0 atom stereocenters. The number of rotatable bonds is 9.